The van der Waals surface area contributed by atoms with Crippen LogP contribution >= 0.6 is 0 Å². The summed E-state index contributed by atoms with van der Waals surface area (Å²) in [7, 11) is 1.42. The van der Waals surface area contributed by atoms with Gasteiger partial charge >= 0.3 is 6.18 Å². The topological polar surface area (TPSA) is 99.8 Å². The van der Waals surface area contributed by atoms with Crippen molar-refractivity contribution >= 4 is 0 Å². The van der Waals surface area contributed by atoms with Gasteiger partial charge in [-0.3, -0.25) is 9.89 Å². The zero-order valence-corrected chi connectivity index (χ0v) is 19.3. The molecule has 0 atom stereocenters. The quantitative estimate of drug-likeness (QED) is 0.349. The number of alkyl halides is 3. The van der Waals surface area contributed by atoms with Crippen LogP contribution in [0.25, 0.3) is 33.9 Å². The molecule has 0 fully saturated rings. The molecule has 0 radical (unpaired) electrons. The molecule has 0 aliphatic heterocycles. The van der Waals surface area contributed by atoms with E-state index in [0.717, 1.165) is 5.69 Å². The fourth-order valence-electron chi connectivity index (χ4n) is 3.82. The Bertz CT molecular complexity index is 1590. The van der Waals surface area contributed by atoms with Crippen LogP contribution in [0.2, 0.25) is 0 Å². The first-order valence-electron chi connectivity index (χ1n) is 11.0. The van der Waals surface area contributed by atoms with E-state index in [9.17, 15) is 18.0 Å². The summed E-state index contributed by atoms with van der Waals surface area (Å²) in [4.78, 5) is 13.5. The van der Waals surface area contributed by atoms with Crippen LogP contribution in [0.1, 0.15) is 0 Å². The molecule has 1 N–H and O–H groups in total. The third-order valence-corrected chi connectivity index (χ3v) is 5.44. The van der Waals surface area contributed by atoms with E-state index in [1.807, 2.05) is 30.3 Å². The van der Waals surface area contributed by atoms with Gasteiger partial charge < -0.3 is 9.47 Å². The molecule has 0 amide bonds. The van der Waals surface area contributed by atoms with Gasteiger partial charge in [-0.25, -0.2) is 9.36 Å². The smallest absolute Gasteiger partial charge is 0.422 e. The lowest BCUT2D eigenvalue weighted by atomic mass is 10.0. The summed E-state index contributed by atoms with van der Waals surface area (Å²) in [6.07, 6.45) is -0.138. The molecular formula is C25H19F3N6O3. The van der Waals surface area contributed by atoms with E-state index >= 15 is 0 Å². The monoisotopic (exact) mass is 508 g/mol. The van der Waals surface area contributed by atoms with Crippen molar-refractivity contribution in [2.75, 3.05) is 13.7 Å². The lowest BCUT2D eigenvalue weighted by Crippen LogP contribution is -2.20. The Labute approximate surface area is 207 Å². The van der Waals surface area contributed by atoms with Gasteiger partial charge in [0.2, 0.25) is 11.3 Å². The van der Waals surface area contributed by atoms with Gasteiger partial charge in [0.15, 0.2) is 12.3 Å². The Morgan fingerprint density at radius 3 is 2.43 bits per heavy atom. The Morgan fingerprint density at radius 1 is 0.919 bits per heavy atom. The van der Waals surface area contributed by atoms with Crippen molar-refractivity contribution in [2.45, 2.75) is 6.18 Å². The average molecular weight is 508 g/mol. The predicted octanol–water partition coefficient (Wildman–Crippen LogP) is 4.43. The normalized spacial score (nSPS) is 11.5. The van der Waals surface area contributed by atoms with E-state index in [2.05, 4.69) is 20.4 Å². The second-order valence-electron chi connectivity index (χ2n) is 7.81. The SMILES string of the molecule is COc1cc(-n2nccc2OCC(F)(F)F)ccc1-c1c[nH]nc(-c2ccnn2-c2ccccc2)c1=O. The number of ether oxygens (including phenoxy) is 2. The van der Waals surface area contributed by atoms with Crippen molar-refractivity contribution in [1.82, 2.24) is 29.8 Å². The summed E-state index contributed by atoms with van der Waals surface area (Å²) in [6, 6.07) is 17.1. The molecule has 0 saturated heterocycles. The van der Waals surface area contributed by atoms with Gasteiger partial charge in [0.1, 0.15) is 5.75 Å². The van der Waals surface area contributed by atoms with Crippen molar-refractivity contribution in [3.63, 3.8) is 0 Å². The molecule has 3 aromatic heterocycles. The van der Waals surface area contributed by atoms with Crippen LogP contribution in [0.3, 0.4) is 0 Å². The third kappa shape index (κ3) is 4.81. The minimum absolute atomic E-state index is 0.0923. The number of benzene rings is 2. The Balaban J connectivity index is 1.53. The Morgan fingerprint density at radius 2 is 1.68 bits per heavy atom. The Kier molecular flexibility index (Phi) is 6.22. The summed E-state index contributed by atoms with van der Waals surface area (Å²) in [5.41, 5.74) is 2.16. The molecule has 2 aromatic carbocycles. The Hall–Kier alpha value is -4.87. The molecule has 0 aliphatic rings. The van der Waals surface area contributed by atoms with E-state index in [-0.39, 0.29) is 22.6 Å². The maximum atomic E-state index is 13.5. The highest BCUT2D eigenvalue weighted by Gasteiger charge is 2.29. The summed E-state index contributed by atoms with van der Waals surface area (Å²) < 4.78 is 51.1. The van der Waals surface area contributed by atoms with Crippen molar-refractivity contribution in [3.05, 3.63) is 89.5 Å². The number of H-pyrrole nitrogens is 1. The summed E-state index contributed by atoms with van der Waals surface area (Å²) in [6.45, 7) is -1.46. The number of rotatable bonds is 7. The van der Waals surface area contributed by atoms with Gasteiger partial charge in [-0.2, -0.15) is 28.5 Å². The predicted molar refractivity (Wildman–Crippen MR) is 128 cm³/mol. The molecule has 0 bridgehead atoms. The number of nitrogens with one attached hydrogen (secondary N) is 1. The molecule has 3 heterocycles. The van der Waals surface area contributed by atoms with Crippen LogP contribution in [0, 0.1) is 0 Å². The van der Waals surface area contributed by atoms with Crippen LogP contribution in [0.4, 0.5) is 13.2 Å². The largest absolute Gasteiger partial charge is 0.496 e. The van der Waals surface area contributed by atoms with E-state index < -0.39 is 12.8 Å². The molecule has 5 rings (SSSR count). The van der Waals surface area contributed by atoms with Gasteiger partial charge in [0.05, 0.1) is 42.1 Å². The highest BCUT2D eigenvalue weighted by Crippen LogP contribution is 2.32. The van der Waals surface area contributed by atoms with Crippen LogP contribution in [-0.4, -0.2) is 49.7 Å². The fraction of sp³-hybridized carbons (Fsp3) is 0.120. The molecule has 12 heteroatoms. The molecule has 0 spiro atoms. The zero-order valence-electron chi connectivity index (χ0n) is 19.3. The first kappa shape index (κ1) is 23.9. The molecule has 188 valence electrons. The number of aromatic nitrogens is 6. The molecule has 0 saturated carbocycles. The van der Waals surface area contributed by atoms with Crippen LogP contribution in [-0.2, 0) is 0 Å². The van der Waals surface area contributed by atoms with E-state index in [0.29, 0.717) is 22.7 Å². The molecule has 0 unspecified atom stereocenters. The molecule has 5 aromatic rings. The fourth-order valence-corrected chi connectivity index (χ4v) is 3.82. The lowest BCUT2D eigenvalue weighted by molar-refractivity contribution is -0.154. The van der Waals surface area contributed by atoms with E-state index in [4.69, 9.17) is 9.47 Å². The van der Waals surface area contributed by atoms with Gasteiger partial charge in [-0.15, -0.1) is 0 Å². The van der Waals surface area contributed by atoms with E-state index in [1.54, 1.807) is 35.1 Å². The summed E-state index contributed by atoms with van der Waals surface area (Å²) in [5, 5.41) is 15.4. The van der Waals surface area contributed by atoms with Gasteiger partial charge in [0.25, 0.3) is 0 Å². The second kappa shape index (κ2) is 9.64. The average Bonchev–Trinajstić information content (AvgIpc) is 3.57. The van der Waals surface area contributed by atoms with Crippen molar-refractivity contribution in [3.8, 4) is 45.5 Å². The summed E-state index contributed by atoms with van der Waals surface area (Å²) >= 11 is 0. The molecule has 9 nitrogen and oxygen atoms in total. The molecule has 0 aliphatic carbocycles. The first-order chi connectivity index (χ1) is 17.9. The van der Waals surface area contributed by atoms with Crippen molar-refractivity contribution in [2.24, 2.45) is 0 Å². The van der Waals surface area contributed by atoms with Crippen LogP contribution < -0.4 is 14.9 Å². The number of para-hydroxylation sites is 1. The van der Waals surface area contributed by atoms with Gasteiger partial charge in [-0.05, 0) is 30.3 Å². The first-order valence-corrected chi connectivity index (χ1v) is 11.0. The maximum absolute atomic E-state index is 13.5. The number of halogens is 3. The number of hydrogen-bond donors (Lipinski definition) is 1. The van der Waals surface area contributed by atoms with Crippen molar-refractivity contribution in [1.29, 1.82) is 0 Å². The summed E-state index contributed by atoms with van der Waals surface area (Å²) in [5.74, 6) is 0.208. The highest BCUT2D eigenvalue weighted by atomic mass is 19.4. The number of nitrogens with zero attached hydrogens (tertiary/aromatic N) is 5. The standard InChI is InChI=1S/C25H19F3N6O3/c1-36-21-13-17(34-22(10-12-31-34)37-15-25(26,27)28)7-8-18(21)19-14-29-32-23(24(19)35)20-9-11-30-33(20)16-5-3-2-4-6-16/h2-14H,15H2,1H3,(H,29,35). The van der Waals surface area contributed by atoms with Gasteiger partial charge in [-0.1, -0.05) is 18.2 Å². The van der Waals surface area contributed by atoms with Crippen LogP contribution in [0.15, 0.2) is 84.0 Å². The van der Waals surface area contributed by atoms with E-state index in [1.165, 1.54) is 30.3 Å². The molecule has 37 heavy (non-hydrogen) atoms. The van der Waals surface area contributed by atoms with Gasteiger partial charge in [0, 0.05) is 23.9 Å². The second-order valence-corrected chi connectivity index (χ2v) is 7.81. The highest BCUT2D eigenvalue weighted by molar-refractivity contribution is 5.74. The number of hydrogen-bond acceptors (Lipinski definition) is 6. The number of aromatic amines is 1. The molecular weight excluding hydrogens is 489 g/mol. The lowest BCUT2D eigenvalue weighted by Gasteiger charge is -2.14. The van der Waals surface area contributed by atoms with Crippen LogP contribution in [0.5, 0.6) is 11.6 Å². The van der Waals surface area contributed by atoms with Crippen molar-refractivity contribution < 1.29 is 22.6 Å². The zero-order chi connectivity index (χ0) is 26.0. The number of methoxy groups -OCH3 is 1. The minimum atomic E-state index is -4.49. The maximum Gasteiger partial charge on any atom is 0.422 e. The third-order valence-electron chi connectivity index (χ3n) is 5.44. The minimum Gasteiger partial charge on any atom is -0.496 e.